The first-order valence-corrected chi connectivity index (χ1v) is 9.19. The minimum absolute atomic E-state index is 0.0421. The van der Waals surface area contributed by atoms with Gasteiger partial charge in [0, 0.05) is 17.8 Å². The zero-order valence-corrected chi connectivity index (χ0v) is 13.8. The molecule has 1 fully saturated rings. The number of aromatic nitrogens is 1. The highest BCUT2D eigenvalue weighted by molar-refractivity contribution is 7.92. The first kappa shape index (κ1) is 16.7. The summed E-state index contributed by atoms with van der Waals surface area (Å²) in [5.74, 6) is -1.05. The van der Waals surface area contributed by atoms with Gasteiger partial charge in [0.1, 0.15) is 5.75 Å². The Kier molecular flexibility index (Phi) is 5.05. The maximum atomic E-state index is 12.1. The van der Waals surface area contributed by atoms with Gasteiger partial charge in [-0.1, -0.05) is 12.8 Å². The van der Waals surface area contributed by atoms with E-state index in [-0.39, 0.29) is 17.4 Å². The van der Waals surface area contributed by atoms with Crippen molar-refractivity contribution in [3.63, 3.8) is 0 Å². The molecule has 0 bridgehead atoms. The number of rotatable bonds is 5. The predicted octanol–water partition coefficient (Wildman–Crippen LogP) is 0.965. The van der Waals surface area contributed by atoms with Crippen LogP contribution < -0.4 is 10.9 Å². The van der Waals surface area contributed by atoms with Gasteiger partial charge < -0.3 is 10.3 Å². The number of aryl methyl sites for hydroxylation is 2. The fourth-order valence-corrected chi connectivity index (χ4v) is 4.64. The summed E-state index contributed by atoms with van der Waals surface area (Å²) < 4.78 is 24.2. The molecule has 1 aliphatic rings. The molecule has 1 heterocycles. The van der Waals surface area contributed by atoms with Crippen LogP contribution in [0.3, 0.4) is 0 Å². The molecule has 1 amide bonds. The van der Waals surface area contributed by atoms with Crippen LogP contribution in [0.5, 0.6) is 0 Å². The van der Waals surface area contributed by atoms with Gasteiger partial charge in [0.2, 0.25) is 5.91 Å². The molecule has 22 heavy (non-hydrogen) atoms. The zero-order chi connectivity index (χ0) is 16.3. The Hall–Kier alpha value is -1.63. The van der Waals surface area contributed by atoms with Gasteiger partial charge in [-0.25, -0.2) is 8.42 Å². The van der Waals surface area contributed by atoms with Crippen LogP contribution in [0.15, 0.2) is 10.9 Å². The molecule has 1 saturated carbocycles. The van der Waals surface area contributed by atoms with Crippen LogP contribution in [-0.4, -0.2) is 30.3 Å². The van der Waals surface area contributed by atoms with E-state index in [1.165, 1.54) is 0 Å². The molecule has 1 aromatic heterocycles. The number of nitrogens with one attached hydrogen (secondary N) is 2. The first-order valence-electron chi connectivity index (χ1n) is 7.47. The van der Waals surface area contributed by atoms with Gasteiger partial charge in [-0.3, -0.25) is 9.59 Å². The topological polar surface area (TPSA) is 96.1 Å². The molecule has 0 radical (unpaired) electrons. The molecule has 122 valence electrons. The van der Waals surface area contributed by atoms with Crippen molar-refractivity contribution in [3.05, 3.63) is 33.2 Å². The van der Waals surface area contributed by atoms with Crippen LogP contribution in [0.1, 0.15) is 42.5 Å². The fourth-order valence-electron chi connectivity index (χ4n) is 2.89. The van der Waals surface area contributed by atoms with Gasteiger partial charge in [-0.05, 0) is 38.3 Å². The highest BCUT2D eigenvalue weighted by atomic mass is 32.2. The molecule has 7 heteroatoms. The quantitative estimate of drug-likeness (QED) is 0.842. The molecule has 2 rings (SSSR count). The standard InChI is InChI=1S/C15H22N2O4S/c1-10-7-11(2)17-15(19)13(10)8-16-14(18)9-22(20,21)12-5-3-4-6-12/h7,12H,3-6,8-9H2,1-2H3,(H,16,18)(H,17,19). The fraction of sp³-hybridized carbons (Fsp3) is 0.600. The summed E-state index contributed by atoms with van der Waals surface area (Å²) >= 11 is 0. The summed E-state index contributed by atoms with van der Waals surface area (Å²) in [5.41, 5.74) is 1.73. The number of aromatic amines is 1. The molecular formula is C15H22N2O4S. The smallest absolute Gasteiger partial charge is 0.253 e. The minimum atomic E-state index is -3.39. The van der Waals surface area contributed by atoms with Crippen LogP contribution in [0.4, 0.5) is 0 Å². The summed E-state index contributed by atoms with van der Waals surface area (Å²) in [4.78, 5) is 26.4. The van der Waals surface area contributed by atoms with Gasteiger partial charge in [-0.15, -0.1) is 0 Å². The number of H-pyrrole nitrogens is 1. The van der Waals surface area contributed by atoms with Gasteiger partial charge in [0.15, 0.2) is 9.84 Å². The Morgan fingerprint density at radius 3 is 2.55 bits per heavy atom. The Labute approximate surface area is 130 Å². The van der Waals surface area contributed by atoms with Gasteiger partial charge in [0.05, 0.1) is 5.25 Å². The van der Waals surface area contributed by atoms with E-state index >= 15 is 0 Å². The second-order valence-electron chi connectivity index (χ2n) is 5.93. The predicted molar refractivity (Wildman–Crippen MR) is 84.4 cm³/mol. The lowest BCUT2D eigenvalue weighted by Crippen LogP contribution is -2.35. The number of amides is 1. The lowest BCUT2D eigenvalue weighted by molar-refractivity contribution is -0.118. The van der Waals surface area contributed by atoms with Gasteiger partial charge in [0.25, 0.3) is 5.56 Å². The number of carbonyl (C=O) groups is 1. The van der Waals surface area contributed by atoms with Crippen molar-refractivity contribution in [1.29, 1.82) is 0 Å². The molecule has 6 nitrogen and oxygen atoms in total. The monoisotopic (exact) mass is 326 g/mol. The highest BCUT2D eigenvalue weighted by Crippen LogP contribution is 2.25. The SMILES string of the molecule is Cc1cc(C)c(CNC(=O)CS(=O)(=O)C2CCCC2)c(=O)[nH]1. The Morgan fingerprint density at radius 1 is 1.32 bits per heavy atom. The van der Waals surface area contributed by atoms with E-state index in [1.54, 1.807) is 13.8 Å². The molecule has 2 N–H and O–H groups in total. The van der Waals surface area contributed by atoms with Gasteiger partial charge in [-0.2, -0.15) is 0 Å². The van der Waals surface area contributed by atoms with E-state index in [0.717, 1.165) is 24.1 Å². The van der Waals surface area contributed by atoms with E-state index in [1.807, 2.05) is 6.07 Å². The highest BCUT2D eigenvalue weighted by Gasteiger charge is 2.30. The van der Waals surface area contributed by atoms with Crippen molar-refractivity contribution >= 4 is 15.7 Å². The lowest BCUT2D eigenvalue weighted by atomic mass is 10.1. The Bertz CT molecular complexity index is 716. The molecule has 1 aliphatic carbocycles. The van der Waals surface area contributed by atoms with E-state index in [4.69, 9.17) is 0 Å². The number of hydrogen-bond acceptors (Lipinski definition) is 4. The molecule has 0 unspecified atom stereocenters. The van der Waals surface area contributed by atoms with E-state index in [2.05, 4.69) is 10.3 Å². The third-order valence-corrected chi connectivity index (χ3v) is 6.25. The molecule has 0 atom stereocenters. The van der Waals surface area contributed by atoms with Crippen LogP contribution in [0, 0.1) is 13.8 Å². The number of pyridine rings is 1. The van der Waals surface area contributed by atoms with E-state index in [9.17, 15) is 18.0 Å². The Balaban J connectivity index is 1.97. The normalized spacial score (nSPS) is 15.9. The zero-order valence-electron chi connectivity index (χ0n) is 12.9. The third-order valence-electron chi connectivity index (χ3n) is 4.10. The third kappa shape index (κ3) is 3.97. The summed E-state index contributed by atoms with van der Waals surface area (Å²) in [7, 11) is -3.39. The average molecular weight is 326 g/mol. The summed E-state index contributed by atoms with van der Waals surface area (Å²) in [6.07, 6.45) is 3.10. The molecule has 0 spiro atoms. The molecule has 0 aromatic carbocycles. The van der Waals surface area contributed by atoms with Crippen molar-refractivity contribution in [3.8, 4) is 0 Å². The van der Waals surface area contributed by atoms with Crippen LogP contribution >= 0.6 is 0 Å². The molecule has 1 aromatic rings. The molecule has 0 saturated heterocycles. The van der Waals surface area contributed by atoms with E-state index < -0.39 is 21.5 Å². The Morgan fingerprint density at radius 2 is 1.95 bits per heavy atom. The summed E-state index contributed by atoms with van der Waals surface area (Å²) in [5, 5.41) is 2.16. The second-order valence-corrected chi connectivity index (χ2v) is 8.21. The second kappa shape index (κ2) is 6.64. The van der Waals surface area contributed by atoms with Crippen molar-refractivity contribution in [2.75, 3.05) is 5.75 Å². The summed E-state index contributed by atoms with van der Waals surface area (Å²) in [6, 6.07) is 1.82. The van der Waals surface area contributed by atoms with Crippen molar-refractivity contribution in [2.24, 2.45) is 0 Å². The van der Waals surface area contributed by atoms with Crippen LogP contribution in [-0.2, 0) is 21.2 Å². The first-order chi connectivity index (χ1) is 10.3. The minimum Gasteiger partial charge on any atom is -0.351 e. The molecule has 0 aliphatic heterocycles. The van der Waals surface area contributed by atoms with Crippen molar-refractivity contribution in [2.45, 2.75) is 51.3 Å². The molecular weight excluding hydrogens is 304 g/mol. The maximum absolute atomic E-state index is 12.1. The average Bonchev–Trinajstić information content (AvgIpc) is 2.91. The van der Waals surface area contributed by atoms with Crippen molar-refractivity contribution < 1.29 is 13.2 Å². The van der Waals surface area contributed by atoms with Gasteiger partial charge >= 0.3 is 0 Å². The summed E-state index contributed by atoms with van der Waals surface area (Å²) in [6.45, 7) is 3.62. The number of sulfone groups is 1. The largest absolute Gasteiger partial charge is 0.351 e. The lowest BCUT2D eigenvalue weighted by Gasteiger charge is -2.12. The number of hydrogen-bond donors (Lipinski definition) is 2. The van der Waals surface area contributed by atoms with Crippen molar-refractivity contribution in [1.82, 2.24) is 10.3 Å². The van der Waals surface area contributed by atoms with E-state index in [0.29, 0.717) is 18.4 Å². The maximum Gasteiger partial charge on any atom is 0.253 e. The van der Waals surface area contributed by atoms with Crippen LogP contribution in [0.25, 0.3) is 0 Å². The van der Waals surface area contributed by atoms with Crippen LogP contribution in [0.2, 0.25) is 0 Å². The number of carbonyl (C=O) groups excluding carboxylic acids is 1.